The van der Waals surface area contributed by atoms with E-state index in [0.29, 0.717) is 10.7 Å². The van der Waals surface area contributed by atoms with Gasteiger partial charge in [-0.05, 0) is 31.5 Å². The van der Waals surface area contributed by atoms with Gasteiger partial charge in [-0.2, -0.15) is 13.2 Å². The highest BCUT2D eigenvalue weighted by Crippen LogP contribution is 2.33. The summed E-state index contributed by atoms with van der Waals surface area (Å²) in [5.74, 6) is 5.28. The molecule has 0 atom stereocenters. The summed E-state index contributed by atoms with van der Waals surface area (Å²) in [6.07, 6.45) is -4.38. The molecule has 0 saturated heterocycles. The molecule has 0 unspecified atom stereocenters. The van der Waals surface area contributed by atoms with Crippen LogP contribution < -0.4 is 5.84 Å². The number of aryl methyl sites for hydroxylation is 2. The lowest BCUT2D eigenvalue weighted by Gasteiger charge is -2.19. The second-order valence-electron chi connectivity index (χ2n) is 5.28. The van der Waals surface area contributed by atoms with Crippen molar-refractivity contribution in [2.75, 3.05) is 0 Å². The number of hydrogen-bond donors (Lipinski definition) is 1. The number of amidine groups is 1. The van der Waals surface area contributed by atoms with Gasteiger partial charge in [-0.15, -0.1) is 0 Å². The van der Waals surface area contributed by atoms with Crippen molar-refractivity contribution in [3.05, 3.63) is 64.7 Å². The lowest BCUT2D eigenvalue weighted by Crippen LogP contribution is -2.37. The van der Waals surface area contributed by atoms with Crippen LogP contribution in [-0.2, 0) is 11.0 Å². The molecule has 2 rings (SSSR count). The molecular weight excluding hydrogens is 343 g/mol. The van der Waals surface area contributed by atoms with Crippen LogP contribution in [0.2, 0.25) is 0 Å². The Morgan fingerprint density at radius 3 is 2.27 bits per heavy atom. The summed E-state index contributed by atoms with van der Waals surface area (Å²) in [6.45, 7) is 7.67. The molecule has 140 valence electrons. The van der Waals surface area contributed by atoms with Crippen molar-refractivity contribution in [1.29, 1.82) is 0 Å². The van der Waals surface area contributed by atoms with Gasteiger partial charge in [0.25, 0.3) is 0 Å². The SMILES string of the molecule is CC.Cc1ccc(N=C(c2ccccc2C(F)(F)F)N(N)C=O)c(C)c1. The number of nitrogens with two attached hydrogens (primary N) is 1. The zero-order valence-corrected chi connectivity index (χ0v) is 15.1. The van der Waals surface area contributed by atoms with Crippen molar-refractivity contribution in [2.24, 2.45) is 10.8 Å². The van der Waals surface area contributed by atoms with E-state index in [4.69, 9.17) is 5.84 Å². The number of nitrogens with zero attached hydrogens (tertiary/aromatic N) is 2. The molecule has 4 nitrogen and oxygen atoms in total. The minimum Gasteiger partial charge on any atom is -0.277 e. The number of hydrogen-bond acceptors (Lipinski definition) is 3. The number of rotatable bonds is 3. The molecule has 0 bridgehead atoms. The molecule has 0 saturated carbocycles. The van der Waals surface area contributed by atoms with E-state index in [-0.39, 0.29) is 17.8 Å². The zero-order chi connectivity index (χ0) is 19.9. The highest BCUT2D eigenvalue weighted by Gasteiger charge is 2.35. The lowest BCUT2D eigenvalue weighted by atomic mass is 10.1. The Balaban J connectivity index is 0.00000163. The van der Waals surface area contributed by atoms with Crippen LogP contribution in [0.1, 0.15) is 36.1 Å². The fourth-order valence-corrected chi connectivity index (χ4v) is 2.28. The number of alkyl halides is 3. The largest absolute Gasteiger partial charge is 0.417 e. The van der Waals surface area contributed by atoms with Gasteiger partial charge in [-0.25, -0.2) is 15.8 Å². The number of aliphatic imine (C=N–C) groups is 1. The first-order valence-corrected chi connectivity index (χ1v) is 8.06. The molecule has 26 heavy (non-hydrogen) atoms. The molecule has 2 N–H and O–H groups in total. The Kier molecular flexibility index (Phi) is 7.52. The number of amides is 1. The summed E-state index contributed by atoms with van der Waals surface area (Å²) in [5, 5.41) is 0.546. The average Bonchev–Trinajstić information content (AvgIpc) is 2.61. The number of hydrazine groups is 1. The third kappa shape index (κ3) is 5.16. The average molecular weight is 365 g/mol. The second kappa shape index (κ2) is 9.15. The Hall–Kier alpha value is -2.67. The summed E-state index contributed by atoms with van der Waals surface area (Å²) in [5.41, 5.74) is 1.01. The van der Waals surface area contributed by atoms with E-state index in [1.54, 1.807) is 19.1 Å². The van der Waals surface area contributed by atoms with Crippen LogP contribution >= 0.6 is 0 Å². The predicted octanol–water partition coefficient (Wildman–Crippen LogP) is 4.76. The second-order valence-corrected chi connectivity index (χ2v) is 5.28. The molecule has 0 aliphatic heterocycles. The maximum atomic E-state index is 13.2. The van der Waals surface area contributed by atoms with E-state index in [2.05, 4.69) is 4.99 Å². The Morgan fingerprint density at radius 2 is 1.73 bits per heavy atom. The van der Waals surface area contributed by atoms with Crippen LogP contribution in [0.4, 0.5) is 18.9 Å². The third-order valence-corrected chi connectivity index (χ3v) is 3.41. The van der Waals surface area contributed by atoms with Crippen LogP contribution in [0.25, 0.3) is 0 Å². The van der Waals surface area contributed by atoms with Gasteiger partial charge in [-0.3, -0.25) is 4.79 Å². The molecule has 2 aromatic rings. The van der Waals surface area contributed by atoms with Gasteiger partial charge in [0.1, 0.15) is 0 Å². The van der Waals surface area contributed by atoms with Crippen LogP contribution in [-0.4, -0.2) is 17.3 Å². The van der Waals surface area contributed by atoms with Gasteiger partial charge < -0.3 is 0 Å². The van der Waals surface area contributed by atoms with Crippen LogP contribution in [0.15, 0.2) is 47.5 Å². The van der Waals surface area contributed by atoms with Crippen LogP contribution in [0.3, 0.4) is 0 Å². The number of halogens is 3. The van der Waals surface area contributed by atoms with Gasteiger partial charge in [0.2, 0.25) is 6.41 Å². The van der Waals surface area contributed by atoms with Gasteiger partial charge >= 0.3 is 6.18 Å². The summed E-state index contributed by atoms with van der Waals surface area (Å²) in [4.78, 5) is 15.2. The molecule has 0 heterocycles. The van der Waals surface area contributed by atoms with E-state index in [1.165, 1.54) is 18.2 Å². The van der Waals surface area contributed by atoms with Gasteiger partial charge in [-0.1, -0.05) is 49.7 Å². The molecule has 0 spiro atoms. The highest BCUT2D eigenvalue weighted by atomic mass is 19.4. The monoisotopic (exact) mass is 365 g/mol. The van der Waals surface area contributed by atoms with Gasteiger partial charge in [0.15, 0.2) is 5.84 Å². The van der Waals surface area contributed by atoms with Crippen molar-refractivity contribution in [3.8, 4) is 0 Å². The fourth-order valence-electron chi connectivity index (χ4n) is 2.28. The van der Waals surface area contributed by atoms with E-state index in [1.807, 2.05) is 26.8 Å². The quantitative estimate of drug-likeness (QED) is 0.213. The molecule has 0 radical (unpaired) electrons. The van der Waals surface area contributed by atoms with Crippen molar-refractivity contribution in [2.45, 2.75) is 33.9 Å². The van der Waals surface area contributed by atoms with Crippen molar-refractivity contribution in [3.63, 3.8) is 0 Å². The standard InChI is InChI=1S/C17H16F3N3O.C2H6/c1-11-7-8-15(12(2)9-11)22-16(23(21)10-24)13-5-3-4-6-14(13)17(18,19)20;1-2/h3-10H,21H2,1-2H3;1-2H3. The summed E-state index contributed by atoms with van der Waals surface area (Å²) < 4.78 is 39.7. The number of carbonyl (C=O) groups excluding carboxylic acids is 1. The first-order chi connectivity index (χ1) is 12.2. The molecule has 0 aliphatic carbocycles. The lowest BCUT2D eigenvalue weighted by molar-refractivity contribution is -0.137. The van der Waals surface area contributed by atoms with Crippen molar-refractivity contribution >= 4 is 17.9 Å². The van der Waals surface area contributed by atoms with Crippen molar-refractivity contribution in [1.82, 2.24) is 5.01 Å². The molecule has 0 fully saturated rings. The minimum absolute atomic E-state index is 0.218. The summed E-state index contributed by atoms with van der Waals surface area (Å²) in [6, 6.07) is 10.1. The highest BCUT2D eigenvalue weighted by molar-refractivity contribution is 6.05. The summed E-state index contributed by atoms with van der Waals surface area (Å²) >= 11 is 0. The molecule has 1 amide bonds. The van der Waals surface area contributed by atoms with Gasteiger partial charge in [0, 0.05) is 5.56 Å². The van der Waals surface area contributed by atoms with Crippen LogP contribution in [0.5, 0.6) is 0 Å². The Labute approximate surface area is 151 Å². The van der Waals surface area contributed by atoms with E-state index in [9.17, 15) is 18.0 Å². The molecule has 0 aliphatic rings. The minimum atomic E-state index is -4.59. The normalized spacial score (nSPS) is 11.5. The molecule has 7 heteroatoms. The van der Waals surface area contributed by atoms with E-state index in [0.717, 1.165) is 17.2 Å². The van der Waals surface area contributed by atoms with E-state index < -0.39 is 11.7 Å². The topological polar surface area (TPSA) is 58.7 Å². The number of carbonyl (C=O) groups is 1. The maximum Gasteiger partial charge on any atom is 0.417 e. The third-order valence-electron chi connectivity index (χ3n) is 3.41. The molecular formula is C19H22F3N3O. The summed E-state index contributed by atoms with van der Waals surface area (Å²) in [7, 11) is 0. The zero-order valence-electron chi connectivity index (χ0n) is 15.1. The Bertz CT molecular complexity index is 786. The first-order valence-electron chi connectivity index (χ1n) is 8.06. The Morgan fingerprint density at radius 1 is 1.12 bits per heavy atom. The van der Waals surface area contributed by atoms with E-state index >= 15 is 0 Å². The maximum absolute atomic E-state index is 13.2. The van der Waals surface area contributed by atoms with Crippen LogP contribution in [0, 0.1) is 13.8 Å². The predicted molar refractivity (Wildman–Crippen MR) is 97.0 cm³/mol. The van der Waals surface area contributed by atoms with Gasteiger partial charge in [0.05, 0.1) is 11.3 Å². The molecule has 2 aromatic carbocycles. The fraction of sp³-hybridized carbons (Fsp3) is 0.263. The first kappa shape index (κ1) is 21.4. The number of benzene rings is 2. The smallest absolute Gasteiger partial charge is 0.277 e. The molecule has 0 aromatic heterocycles. The van der Waals surface area contributed by atoms with Crippen molar-refractivity contribution < 1.29 is 18.0 Å².